The van der Waals surface area contributed by atoms with Crippen molar-refractivity contribution in [3.05, 3.63) is 153 Å². The van der Waals surface area contributed by atoms with Crippen molar-refractivity contribution in [2.75, 3.05) is 0 Å². The number of ether oxygens (including phenoxy) is 2. The van der Waals surface area contributed by atoms with Crippen molar-refractivity contribution in [2.45, 2.75) is 45.3 Å². The quantitative estimate of drug-likeness (QED) is 0.0777. The highest BCUT2D eigenvalue weighted by Gasteiger charge is 2.57. The van der Waals surface area contributed by atoms with Gasteiger partial charge < -0.3 is 9.47 Å². The van der Waals surface area contributed by atoms with Crippen LogP contribution in [0, 0.1) is 17.3 Å². The molecule has 6 rings (SSSR count). The Kier molecular flexibility index (Phi) is 9.13. The number of allylic oxidation sites excluding steroid dienone is 2. The zero-order valence-corrected chi connectivity index (χ0v) is 26.7. The van der Waals surface area contributed by atoms with E-state index in [9.17, 15) is 14.4 Å². The van der Waals surface area contributed by atoms with Gasteiger partial charge in [0.2, 0.25) is 0 Å². The Balaban J connectivity index is 1.34. The zero-order chi connectivity index (χ0) is 31.4. The van der Waals surface area contributed by atoms with Gasteiger partial charge >= 0.3 is 11.9 Å². The van der Waals surface area contributed by atoms with E-state index in [1.54, 1.807) is 0 Å². The predicted octanol–water partition coefficient (Wildman–Crippen LogP) is 8.64. The number of ketones is 1. The maximum Gasteiger partial charge on any atom is 0.324 e. The first-order valence-electron chi connectivity index (χ1n) is 15.3. The maximum atomic E-state index is 14.2. The molecule has 0 amide bonds. The van der Waals surface area contributed by atoms with Crippen LogP contribution in [0.5, 0.6) is 0 Å². The fourth-order valence-electron chi connectivity index (χ4n) is 6.97. The molecule has 5 nitrogen and oxygen atoms in total. The molecule has 0 N–H and O–H groups in total. The van der Waals surface area contributed by atoms with Crippen molar-refractivity contribution < 1.29 is 23.9 Å². The highest BCUT2D eigenvalue weighted by atomic mass is 79.9. The van der Waals surface area contributed by atoms with Crippen LogP contribution in [0.1, 0.15) is 59.2 Å². The molecule has 0 saturated heterocycles. The molecule has 0 aliphatic heterocycles. The fraction of sp³-hybridized carbons (Fsp3) is 0.256. The van der Waals surface area contributed by atoms with E-state index in [1.807, 2.05) is 103 Å². The molecule has 0 radical (unpaired) electrons. The molecule has 2 aliphatic rings. The molecular formula is C39H35BrO5. The Hall–Kier alpha value is -4.29. The first-order valence-corrected chi connectivity index (χ1v) is 16.1. The maximum absolute atomic E-state index is 14.2. The van der Waals surface area contributed by atoms with E-state index in [4.69, 9.17) is 9.47 Å². The Morgan fingerprint density at radius 3 is 1.76 bits per heavy atom. The van der Waals surface area contributed by atoms with Crippen LogP contribution in [0.3, 0.4) is 0 Å². The Morgan fingerprint density at radius 2 is 1.22 bits per heavy atom. The average molecular weight is 664 g/mol. The molecule has 4 aromatic carbocycles. The van der Waals surface area contributed by atoms with Gasteiger partial charge in [-0.1, -0.05) is 137 Å². The number of Topliss-reactive ketones (excluding diaryl/α,β-unsaturated/α-hetero) is 1. The highest BCUT2D eigenvalue weighted by molar-refractivity contribution is 9.10. The number of carbonyl (C=O) groups is 3. The van der Waals surface area contributed by atoms with E-state index in [1.165, 1.54) is 0 Å². The van der Waals surface area contributed by atoms with Crippen molar-refractivity contribution in [3.8, 4) is 0 Å². The van der Waals surface area contributed by atoms with Crippen LogP contribution < -0.4 is 0 Å². The normalized spacial score (nSPS) is 20.3. The van der Waals surface area contributed by atoms with Gasteiger partial charge in [-0.25, -0.2) is 0 Å². The monoisotopic (exact) mass is 662 g/mol. The summed E-state index contributed by atoms with van der Waals surface area (Å²) in [5, 5.41) is 0. The van der Waals surface area contributed by atoms with Crippen LogP contribution in [-0.4, -0.2) is 17.7 Å². The third-order valence-corrected chi connectivity index (χ3v) is 9.84. The first-order chi connectivity index (χ1) is 21.9. The number of carbonyl (C=O) groups excluding carboxylic acids is 3. The van der Waals surface area contributed by atoms with E-state index in [-0.39, 0.29) is 49.6 Å². The first kappa shape index (κ1) is 30.7. The highest BCUT2D eigenvalue weighted by Crippen LogP contribution is 2.56. The van der Waals surface area contributed by atoms with Crippen LogP contribution in [0.4, 0.5) is 0 Å². The van der Waals surface area contributed by atoms with Crippen molar-refractivity contribution >= 4 is 33.7 Å². The second-order valence-electron chi connectivity index (χ2n) is 12.1. The van der Waals surface area contributed by atoms with Crippen LogP contribution in [0.25, 0.3) is 0 Å². The van der Waals surface area contributed by atoms with Crippen LogP contribution >= 0.6 is 15.9 Å². The van der Waals surface area contributed by atoms with E-state index < -0.39 is 17.4 Å². The summed E-state index contributed by atoms with van der Waals surface area (Å²) in [6.45, 7) is 2.18. The summed E-state index contributed by atoms with van der Waals surface area (Å²) >= 11 is 3.54. The molecule has 0 fully saturated rings. The SMILES string of the molecule is C[C@@H]1C2=C(C[C@H](c3ccc(Br)cc3)[C@H]1C(=O)c1ccccc1)CC(C(=O)OCc1ccccc1)(C(=O)OCc1ccccc1)C2. The van der Waals surface area contributed by atoms with Gasteiger partial charge in [0.05, 0.1) is 0 Å². The van der Waals surface area contributed by atoms with E-state index >= 15 is 0 Å². The van der Waals surface area contributed by atoms with Crippen molar-refractivity contribution in [2.24, 2.45) is 17.3 Å². The molecule has 0 spiro atoms. The summed E-state index contributed by atoms with van der Waals surface area (Å²) in [5.74, 6) is -1.77. The van der Waals surface area contributed by atoms with Gasteiger partial charge in [-0.05, 0) is 59.9 Å². The molecule has 3 atom stereocenters. The summed E-state index contributed by atoms with van der Waals surface area (Å²) in [6, 6.07) is 36.4. The number of rotatable bonds is 9. The van der Waals surface area contributed by atoms with E-state index in [0.717, 1.165) is 32.3 Å². The third kappa shape index (κ3) is 6.43. The topological polar surface area (TPSA) is 69.7 Å². The molecule has 45 heavy (non-hydrogen) atoms. The van der Waals surface area contributed by atoms with Gasteiger partial charge in [0.25, 0.3) is 0 Å². The molecule has 6 heteroatoms. The fourth-order valence-corrected chi connectivity index (χ4v) is 7.23. The van der Waals surface area contributed by atoms with E-state index in [2.05, 4.69) is 35.0 Å². The average Bonchev–Trinajstić information content (AvgIpc) is 3.49. The smallest absolute Gasteiger partial charge is 0.324 e. The van der Waals surface area contributed by atoms with Crippen molar-refractivity contribution in [1.82, 2.24) is 0 Å². The zero-order valence-electron chi connectivity index (χ0n) is 25.2. The van der Waals surface area contributed by atoms with Gasteiger partial charge in [-0.2, -0.15) is 0 Å². The minimum atomic E-state index is -1.52. The number of hydrogen-bond donors (Lipinski definition) is 0. The summed E-state index contributed by atoms with van der Waals surface area (Å²) in [5.41, 5.74) is 3.92. The number of benzene rings is 4. The Labute approximate surface area is 272 Å². The van der Waals surface area contributed by atoms with Crippen LogP contribution in [0.2, 0.25) is 0 Å². The minimum absolute atomic E-state index is 0.0598. The van der Waals surface area contributed by atoms with Crippen molar-refractivity contribution in [1.29, 1.82) is 0 Å². The lowest BCUT2D eigenvalue weighted by atomic mass is 9.65. The van der Waals surface area contributed by atoms with Gasteiger partial charge in [0, 0.05) is 16.0 Å². The molecular weight excluding hydrogens is 628 g/mol. The molecule has 2 aliphatic carbocycles. The lowest BCUT2D eigenvalue weighted by Gasteiger charge is -2.37. The molecule has 0 unspecified atom stereocenters. The second kappa shape index (κ2) is 13.4. The number of hydrogen-bond acceptors (Lipinski definition) is 5. The number of halogens is 1. The Morgan fingerprint density at radius 1 is 0.711 bits per heavy atom. The van der Waals surface area contributed by atoms with Crippen LogP contribution in [0.15, 0.2) is 131 Å². The lowest BCUT2D eigenvalue weighted by molar-refractivity contribution is -0.173. The summed E-state index contributed by atoms with van der Waals surface area (Å²) in [6.07, 6.45) is 0.966. The largest absolute Gasteiger partial charge is 0.460 e. The van der Waals surface area contributed by atoms with Gasteiger partial charge in [0.1, 0.15) is 13.2 Å². The van der Waals surface area contributed by atoms with Gasteiger partial charge in [-0.3, -0.25) is 14.4 Å². The van der Waals surface area contributed by atoms with Gasteiger partial charge in [0.15, 0.2) is 11.2 Å². The number of esters is 2. The standard InChI is InChI=1S/C39H35BrO5/c1-26-34-23-39(37(42)44-24-27-11-5-2-6-12-27,38(43)45-25-28-13-7-3-8-14-28)22-31(34)21-33(29-17-19-32(40)20-18-29)35(26)36(41)30-15-9-4-10-16-30/h2-20,26,33,35H,21-25H2,1H3/t26-,33-,35+/m1/s1. The minimum Gasteiger partial charge on any atom is -0.460 e. The lowest BCUT2D eigenvalue weighted by Crippen LogP contribution is -2.40. The van der Waals surface area contributed by atoms with Gasteiger partial charge in [-0.15, -0.1) is 0 Å². The predicted molar refractivity (Wildman–Crippen MR) is 176 cm³/mol. The summed E-state index contributed by atoms with van der Waals surface area (Å²) in [7, 11) is 0. The van der Waals surface area contributed by atoms with E-state index in [0.29, 0.717) is 12.0 Å². The molecule has 0 saturated carbocycles. The third-order valence-electron chi connectivity index (χ3n) is 9.32. The molecule has 228 valence electrons. The molecule has 0 bridgehead atoms. The molecule has 4 aromatic rings. The Bertz CT molecular complexity index is 1640. The van der Waals surface area contributed by atoms with Crippen LogP contribution in [-0.2, 0) is 32.3 Å². The second-order valence-corrected chi connectivity index (χ2v) is 13.0. The summed E-state index contributed by atoms with van der Waals surface area (Å²) < 4.78 is 12.7. The molecule has 0 aromatic heterocycles. The molecule has 0 heterocycles. The summed E-state index contributed by atoms with van der Waals surface area (Å²) in [4.78, 5) is 42.3. The van der Waals surface area contributed by atoms with Crippen molar-refractivity contribution in [3.63, 3.8) is 0 Å².